The summed E-state index contributed by atoms with van der Waals surface area (Å²) in [6.45, 7) is 3.13. The van der Waals surface area contributed by atoms with E-state index in [1.807, 2.05) is 6.07 Å². The number of hydrogen-bond donors (Lipinski definition) is 0. The van der Waals surface area contributed by atoms with Crippen LogP contribution in [0, 0.1) is 11.6 Å². The Bertz CT molecular complexity index is 880. The van der Waals surface area contributed by atoms with Crippen LogP contribution in [0.1, 0.15) is 11.1 Å². The van der Waals surface area contributed by atoms with E-state index in [-0.39, 0.29) is 15.7 Å². The third-order valence-corrected chi connectivity index (χ3v) is 4.59. The van der Waals surface area contributed by atoms with Crippen LogP contribution in [0.3, 0.4) is 0 Å². The molecule has 1 aliphatic rings. The van der Waals surface area contributed by atoms with Crippen LogP contribution in [-0.2, 0) is 0 Å². The van der Waals surface area contributed by atoms with E-state index >= 15 is 0 Å². The molecular weight excluding hydrogens is 410 g/mol. The van der Waals surface area contributed by atoms with Gasteiger partial charge >= 0.3 is 0 Å². The molecule has 0 unspecified atom stereocenters. The van der Waals surface area contributed by atoms with Crippen LogP contribution in [0.25, 0.3) is 11.3 Å². The fraction of sp³-hybridized carbons (Fsp3) is 0.100. The van der Waals surface area contributed by atoms with Gasteiger partial charge in [-0.05, 0) is 33.6 Å². The summed E-state index contributed by atoms with van der Waals surface area (Å²) in [4.78, 5) is 1.26. The number of benzene rings is 2. The predicted octanol–water partition coefficient (Wildman–Crippen LogP) is 6.25. The van der Waals surface area contributed by atoms with Gasteiger partial charge < -0.3 is 4.90 Å². The second-order valence-electron chi connectivity index (χ2n) is 5.70. The molecule has 0 bridgehead atoms. The molecule has 2 aromatic carbocycles. The SMILES string of the molecule is C=C1C=CC(c2ccccc2)=C(c2c(F)cc(F)cc2Br)N1CC(F)F. The van der Waals surface area contributed by atoms with E-state index in [2.05, 4.69) is 22.5 Å². The molecule has 26 heavy (non-hydrogen) atoms. The zero-order valence-electron chi connectivity index (χ0n) is 13.5. The molecule has 6 heteroatoms. The van der Waals surface area contributed by atoms with Crippen LogP contribution in [0.4, 0.5) is 17.6 Å². The molecule has 0 aliphatic carbocycles. The first-order chi connectivity index (χ1) is 12.4. The summed E-state index contributed by atoms with van der Waals surface area (Å²) < 4.78 is 54.7. The fourth-order valence-electron chi connectivity index (χ4n) is 2.87. The normalized spacial score (nSPS) is 14.5. The maximum Gasteiger partial charge on any atom is 0.256 e. The van der Waals surface area contributed by atoms with Crippen LogP contribution < -0.4 is 0 Å². The molecule has 0 amide bonds. The molecule has 0 saturated carbocycles. The third-order valence-electron chi connectivity index (χ3n) is 3.96. The summed E-state index contributed by atoms with van der Waals surface area (Å²) in [7, 11) is 0. The minimum Gasteiger partial charge on any atom is -0.335 e. The van der Waals surface area contributed by atoms with Gasteiger partial charge in [0.05, 0.1) is 12.2 Å². The first kappa shape index (κ1) is 18.5. The molecule has 0 aromatic heterocycles. The van der Waals surface area contributed by atoms with Gasteiger partial charge in [-0.25, -0.2) is 17.6 Å². The number of halogens is 5. The molecular formula is C20H14BrF4N. The number of hydrogen-bond acceptors (Lipinski definition) is 1. The van der Waals surface area contributed by atoms with Gasteiger partial charge in [-0.1, -0.05) is 43.0 Å². The van der Waals surface area contributed by atoms with Crippen molar-refractivity contribution >= 4 is 27.2 Å². The van der Waals surface area contributed by atoms with Crippen molar-refractivity contribution in [1.82, 2.24) is 4.90 Å². The van der Waals surface area contributed by atoms with Crippen LogP contribution in [-0.4, -0.2) is 17.9 Å². The van der Waals surface area contributed by atoms with Crippen molar-refractivity contribution in [3.05, 3.63) is 94.1 Å². The number of allylic oxidation sites excluding steroid dienone is 3. The van der Waals surface area contributed by atoms with Gasteiger partial charge in [0.2, 0.25) is 0 Å². The first-order valence-electron chi connectivity index (χ1n) is 7.75. The first-order valence-corrected chi connectivity index (χ1v) is 8.55. The lowest BCUT2D eigenvalue weighted by molar-refractivity contribution is 0.123. The van der Waals surface area contributed by atoms with E-state index in [9.17, 15) is 17.6 Å². The van der Waals surface area contributed by atoms with Crippen LogP contribution >= 0.6 is 15.9 Å². The molecule has 0 fully saturated rings. The molecule has 0 atom stereocenters. The lowest BCUT2D eigenvalue weighted by Gasteiger charge is -2.33. The second-order valence-corrected chi connectivity index (χ2v) is 6.55. The molecule has 1 nitrogen and oxygen atoms in total. The topological polar surface area (TPSA) is 3.24 Å². The van der Waals surface area contributed by atoms with Crippen molar-refractivity contribution in [1.29, 1.82) is 0 Å². The number of nitrogens with zero attached hydrogens (tertiary/aromatic N) is 1. The Morgan fingerprint density at radius 1 is 1.04 bits per heavy atom. The van der Waals surface area contributed by atoms with Gasteiger partial charge in [-0.15, -0.1) is 0 Å². The Kier molecular flexibility index (Phi) is 5.32. The molecule has 2 aromatic rings. The van der Waals surface area contributed by atoms with Gasteiger partial charge in [-0.3, -0.25) is 0 Å². The van der Waals surface area contributed by atoms with Crippen molar-refractivity contribution in [3.63, 3.8) is 0 Å². The van der Waals surface area contributed by atoms with E-state index in [4.69, 9.17) is 0 Å². The highest BCUT2D eigenvalue weighted by Gasteiger charge is 2.28. The van der Waals surface area contributed by atoms with Gasteiger partial charge in [0.1, 0.15) is 11.6 Å². The van der Waals surface area contributed by atoms with Gasteiger partial charge in [0, 0.05) is 27.4 Å². The molecule has 0 radical (unpaired) electrons. The van der Waals surface area contributed by atoms with E-state index in [1.54, 1.807) is 36.4 Å². The van der Waals surface area contributed by atoms with E-state index in [0.717, 1.165) is 17.7 Å². The monoisotopic (exact) mass is 423 g/mol. The largest absolute Gasteiger partial charge is 0.335 e. The highest BCUT2D eigenvalue weighted by Crippen LogP contribution is 2.40. The maximum absolute atomic E-state index is 14.7. The lowest BCUT2D eigenvalue weighted by Crippen LogP contribution is -2.29. The average molecular weight is 424 g/mol. The summed E-state index contributed by atoms with van der Waals surface area (Å²) in [5.41, 5.74) is 1.80. The Labute approximate surface area is 157 Å². The van der Waals surface area contributed by atoms with Gasteiger partial charge in [-0.2, -0.15) is 0 Å². The molecule has 0 N–H and O–H groups in total. The molecule has 1 heterocycles. The molecule has 0 spiro atoms. The van der Waals surface area contributed by atoms with Crippen molar-refractivity contribution < 1.29 is 17.6 Å². The van der Waals surface area contributed by atoms with Crippen molar-refractivity contribution in [2.24, 2.45) is 0 Å². The highest BCUT2D eigenvalue weighted by molar-refractivity contribution is 9.10. The molecule has 0 saturated heterocycles. The highest BCUT2D eigenvalue weighted by atomic mass is 79.9. The van der Waals surface area contributed by atoms with E-state index in [0.29, 0.717) is 11.3 Å². The number of alkyl halides is 2. The van der Waals surface area contributed by atoms with Crippen molar-refractivity contribution in [2.45, 2.75) is 6.43 Å². The standard InChI is InChI=1S/C20H14BrF4N/c1-12-7-8-15(13-5-3-2-4-6-13)20(26(12)11-18(24)25)19-16(21)9-14(22)10-17(19)23/h2-10,18H,1,11H2. The third kappa shape index (κ3) is 3.60. The number of rotatable bonds is 4. The van der Waals surface area contributed by atoms with Crippen molar-refractivity contribution in [3.8, 4) is 0 Å². The smallest absolute Gasteiger partial charge is 0.256 e. The van der Waals surface area contributed by atoms with Crippen LogP contribution in [0.5, 0.6) is 0 Å². The Morgan fingerprint density at radius 3 is 2.35 bits per heavy atom. The summed E-state index contributed by atoms with van der Waals surface area (Å²) in [6, 6.07) is 10.8. The summed E-state index contributed by atoms with van der Waals surface area (Å²) in [6.07, 6.45) is 0.640. The second kappa shape index (κ2) is 7.50. The molecule has 1 aliphatic heterocycles. The zero-order valence-corrected chi connectivity index (χ0v) is 15.1. The van der Waals surface area contributed by atoms with E-state index in [1.165, 1.54) is 4.90 Å². The Balaban J connectivity index is 2.31. The van der Waals surface area contributed by atoms with Gasteiger partial charge in [0.15, 0.2) is 0 Å². The Hall–Kier alpha value is -2.34. The molecule has 3 rings (SSSR count). The molecule has 134 valence electrons. The maximum atomic E-state index is 14.7. The fourth-order valence-corrected chi connectivity index (χ4v) is 3.47. The van der Waals surface area contributed by atoms with E-state index < -0.39 is 24.6 Å². The van der Waals surface area contributed by atoms with Crippen LogP contribution in [0.15, 0.2) is 71.4 Å². The minimum absolute atomic E-state index is 0.0106. The van der Waals surface area contributed by atoms with Crippen LogP contribution in [0.2, 0.25) is 0 Å². The van der Waals surface area contributed by atoms with Gasteiger partial charge in [0.25, 0.3) is 6.43 Å². The summed E-state index contributed by atoms with van der Waals surface area (Å²) in [5, 5.41) is 0. The zero-order chi connectivity index (χ0) is 18.8. The summed E-state index contributed by atoms with van der Waals surface area (Å²) >= 11 is 3.17. The average Bonchev–Trinajstić information content (AvgIpc) is 2.57. The summed E-state index contributed by atoms with van der Waals surface area (Å²) in [5.74, 6) is -1.60. The minimum atomic E-state index is -2.66. The van der Waals surface area contributed by atoms with Crippen molar-refractivity contribution in [2.75, 3.05) is 6.54 Å². The predicted molar refractivity (Wildman–Crippen MR) is 98.3 cm³/mol. The Morgan fingerprint density at radius 2 is 1.73 bits per heavy atom. The quantitative estimate of drug-likeness (QED) is 0.525. The lowest BCUT2D eigenvalue weighted by atomic mass is 9.94.